The van der Waals surface area contributed by atoms with E-state index >= 15 is 0 Å². The van der Waals surface area contributed by atoms with E-state index in [1.807, 2.05) is 24.3 Å². The SMILES string of the molecule is CC1(C)CCCN1CCOc1ccccc1CN. The van der Waals surface area contributed by atoms with Gasteiger partial charge in [0.05, 0.1) is 0 Å². The highest BCUT2D eigenvalue weighted by Crippen LogP contribution is 2.27. The molecular weight excluding hydrogens is 224 g/mol. The Kier molecular flexibility index (Phi) is 4.25. The van der Waals surface area contributed by atoms with E-state index in [9.17, 15) is 0 Å². The van der Waals surface area contributed by atoms with Crippen LogP contribution in [0, 0.1) is 0 Å². The Bertz CT molecular complexity index is 390. The number of nitrogens with two attached hydrogens (primary N) is 1. The molecule has 2 N–H and O–H groups in total. The molecule has 3 nitrogen and oxygen atoms in total. The van der Waals surface area contributed by atoms with Gasteiger partial charge in [0.1, 0.15) is 12.4 Å². The largest absolute Gasteiger partial charge is 0.492 e. The minimum atomic E-state index is 0.330. The first-order chi connectivity index (χ1) is 8.63. The smallest absolute Gasteiger partial charge is 0.123 e. The lowest BCUT2D eigenvalue weighted by Crippen LogP contribution is -2.40. The predicted octanol–water partition coefficient (Wildman–Crippen LogP) is 2.40. The fourth-order valence-electron chi connectivity index (χ4n) is 2.66. The molecule has 1 fully saturated rings. The van der Waals surface area contributed by atoms with Crippen LogP contribution in [0.1, 0.15) is 32.3 Å². The maximum Gasteiger partial charge on any atom is 0.123 e. The molecule has 0 radical (unpaired) electrons. The van der Waals surface area contributed by atoms with Crippen molar-refractivity contribution in [2.24, 2.45) is 5.73 Å². The Labute approximate surface area is 110 Å². The van der Waals surface area contributed by atoms with Crippen molar-refractivity contribution in [1.82, 2.24) is 4.90 Å². The molecular formula is C15H24N2O. The highest BCUT2D eigenvalue weighted by molar-refractivity contribution is 5.32. The third-order valence-electron chi connectivity index (χ3n) is 3.88. The molecule has 0 aromatic heterocycles. The van der Waals surface area contributed by atoms with Crippen molar-refractivity contribution in [3.05, 3.63) is 29.8 Å². The Morgan fingerprint density at radius 1 is 1.33 bits per heavy atom. The molecule has 0 bridgehead atoms. The van der Waals surface area contributed by atoms with Crippen molar-refractivity contribution in [3.8, 4) is 5.75 Å². The number of para-hydroxylation sites is 1. The van der Waals surface area contributed by atoms with Gasteiger partial charge in [0.15, 0.2) is 0 Å². The van der Waals surface area contributed by atoms with Gasteiger partial charge in [-0.1, -0.05) is 18.2 Å². The van der Waals surface area contributed by atoms with E-state index in [0.29, 0.717) is 12.1 Å². The highest BCUT2D eigenvalue weighted by atomic mass is 16.5. The Morgan fingerprint density at radius 2 is 2.11 bits per heavy atom. The second kappa shape index (κ2) is 5.72. The lowest BCUT2D eigenvalue weighted by Gasteiger charge is -2.31. The van der Waals surface area contributed by atoms with Crippen molar-refractivity contribution in [2.45, 2.75) is 38.8 Å². The molecule has 100 valence electrons. The van der Waals surface area contributed by atoms with Crippen LogP contribution in [0.15, 0.2) is 24.3 Å². The van der Waals surface area contributed by atoms with Crippen LogP contribution in [-0.2, 0) is 6.54 Å². The van der Waals surface area contributed by atoms with Crippen molar-refractivity contribution < 1.29 is 4.74 Å². The summed E-state index contributed by atoms with van der Waals surface area (Å²) in [4.78, 5) is 2.51. The highest BCUT2D eigenvalue weighted by Gasteiger charge is 2.31. The standard InChI is InChI=1S/C15H24N2O/c1-15(2)8-5-9-17(15)10-11-18-14-7-4-3-6-13(14)12-16/h3-4,6-7H,5,8-12,16H2,1-2H3. The summed E-state index contributed by atoms with van der Waals surface area (Å²) in [7, 11) is 0. The van der Waals surface area contributed by atoms with Gasteiger partial charge in [-0.3, -0.25) is 4.90 Å². The molecule has 2 rings (SSSR count). The van der Waals surface area contributed by atoms with Crippen LogP contribution >= 0.6 is 0 Å². The fraction of sp³-hybridized carbons (Fsp3) is 0.600. The first-order valence-corrected chi connectivity index (χ1v) is 6.79. The zero-order chi connectivity index (χ0) is 13.0. The van der Waals surface area contributed by atoms with Crippen LogP contribution < -0.4 is 10.5 Å². The third kappa shape index (κ3) is 3.03. The van der Waals surface area contributed by atoms with E-state index in [0.717, 1.165) is 24.5 Å². The van der Waals surface area contributed by atoms with Gasteiger partial charge in [-0.25, -0.2) is 0 Å². The van der Waals surface area contributed by atoms with E-state index < -0.39 is 0 Å². The van der Waals surface area contributed by atoms with E-state index in [2.05, 4.69) is 18.7 Å². The second-order valence-corrected chi connectivity index (χ2v) is 5.56. The summed E-state index contributed by atoms with van der Waals surface area (Å²) >= 11 is 0. The minimum absolute atomic E-state index is 0.330. The van der Waals surface area contributed by atoms with E-state index in [4.69, 9.17) is 10.5 Å². The first-order valence-electron chi connectivity index (χ1n) is 6.79. The summed E-state index contributed by atoms with van der Waals surface area (Å²) in [5, 5.41) is 0. The first kappa shape index (κ1) is 13.4. The van der Waals surface area contributed by atoms with Gasteiger partial charge >= 0.3 is 0 Å². The van der Waals surface area contributed by atoms with Gasteiger partial charge < -0.3 is 10.5 Å². The number of hydrogen-bond donors (Lipinski definition) is 1. The maximum absolute atomic E-state index is 5.86. The topological polar surface area (TPSA) is 38.5 Å². The summed E-state index contributed by atoms with van der Waals surface area (Å²) in [6.45, 7) is 8.08. The molecule has 0 aliphatic carbocycles. The Morgan fingerprint density at radius 3 is 2.78 bits per heavy atom. The molecule has 1 heterocycles. The van der Waals surface area contributed by atoms with Crippen LogP contribution in [0.4, 0.5) is 0 Å². The molecule has 3 heteroatoms. The zero-order valence-corrected chi connectivity index (χ0v) is 11.5. The van der Waals surface area contributed by atoms with Gasteiger partial charge in [-0.15, -0.1) is 0 Å². The average Bonchev–Trinajstić information content (AvgIpc) is 2.69. The summed E-state index contributed by atoms with van der Waals surface area (Å²) in [6, 6.07) is 8.01. The molecule has 0 unspecified atom stereocenters. The van der Waals surface area contributed by atoms with Crippen LogP contribution in [0.5, 0.6) is 5.75 Å². The number of nitrogens with zero attached hydrogens (tertiary/aromatic N) is 1. The molecule has 1 aromatic rings. The van der Waals surface area contributed by atoms with Gasteiger partial charge in [0.2, 0.25) is 0 Å². The van der Waals surface area contributed by atoms with Gasteiger partial charge in [-0.05, 0) is 39.3 Å². The Balaban J connectivity index is 1.85. The third-order valence-corrected chi connectivity index (χ3v) is 3.88. The normalized spacial score (nSPS) is 19.1. The lowest BCUT2D eigenvalue weighted by atomic mass is 10.0. The molecule has 1 aliphatic heterocycles. The average molecular weight is 248 g/mol. The van der Waals surface area contributed by atoms with Crippen LogP contribution in [-0.4, -0.2) is 30.1 Å². The number of benzene rings is 1. The van der Waals surface area contributed by atoms with Crippen LogP contribution in [0.25, 0.3) is 0 Å². The number of hydrogen-bond acceptors (Lipinski definition) is 3. The maximum atomic E-state index is 5.86. The number of ether oxygens (including phenoxy) is 1. The molecule has 0 atom stereocenters. The summed E-state index contributed by atoms with van der Waals surface area (Å²) in [5.41, 5.74) is 7.11. The van der Waals surface area contributed by atoms with E-state index in [1.165, 1.54) is 19.4 Å². The van der Waals surface area contributed by atoms with Gasteiger partial charge in [0, 0.05) is 24.2 Å². The van der Waals surface area contributed by atoms with E-state index in [1.54, 1.807) is 0 Å². The number of rotatable bonds is 5. The molecule has 0 spiro atoms. The second-order valence-electron chi connectivity index (χ2n) is 5.56. The number of likely N-dealkylation sites (tertiary alicyclic amines) is 1. The van der Waals surface area contributed by atoms with Crippen molar-refractivity contribution in [1.29, 1.82) is 0 Å². The lowest BCUT2D eigenvalue weighted by molar-refractivity contribution is 0.143. The van der Waals surface area contributed by atoms with Crippen LogP contribution in [0.3, 0.4) is 0 Å². The summed E-state index contributed by atoms with van der Waals surface area (Å²) in [5.74, 6) is 0.928. The quantitative estimate of drug-likeness (QED) is 0.869. The predicted molar refractivity (Wildman–Crippen MR) is 74.7 cm³/mol. The molecule has 18 heavy (non-hydrogen) atoms. The van der Waals surface area contributed by atoms with Gasteiger partial charge in [-0.2, -0.15) is 0 Å². The summed E-state index contributed by atoms with van der Waals surface area (Å²) in [6.07, 6.45) is 2.58. The van der Waals surface area contributed by atoms with Crippen molar-refractivity contribution in [2.75, 3.05) is 19.7 Å². The summed E-state index contributed by atoms with van der Waals surface area (Å²) < 4.78 is 5.86. The monoisotopic (exact) mass is 248 g/mol. The fourth-order valence-corrected chi connectivity index (χ4v) is 2.66. The molecule has 1 saturated heterocycles. The molecule has 1 aliphatic rings. The molecule has 1 aromatic carbocycles. The minimum Gasteiger partial charge on any atom is -0.492 e. The van der Waals surface area contributed by atoms with Gasteiger partial charge in [0.25, 0.3) is 0 Å². The van der Waals surface area contributed by atoms with Crippen molar-refractivity contribution >= 4 is 0 Å². The van der Waals surface area contributed by atoms with Crippen molar-refractivity contribution in [3.63, 3.8) is 0 Å². The van der Waals surface area contributed by atoms with Crippen LogP contribution in [0.2, 0.25) is 0 Å². The Hall–Kier alpha value is -1.06. The van der Waals surface area contributed by atoms with E-state index in [-0.39, 0.29) is 0 Å². The zero-order valence-electron chi connectivity index (χ0n) is 11.5. The molecule has 0 amide bonds. The molecule has 0 saturated carbocycles.